The van der Waals surface area contributed by atoms with E-state index in [1.165, 1.54) is 43.4 Å². The first-order chi connectivity index (χ1) is 43.7. The molecule has 88 heavy (non-hydrogen) atoms. The highest BCUT2D eigenvalue weighted by Gasteiger charge is 2.28. The Hall–Kier alpha value is -11.9. The molecule has 6 heteroatoms. The Morgan fingerprint density at radius 1 is 0.205 bits per heavy atom. The molecule has 410 valence electrons. The van der Waals surface area contributed by atoms with Gasteiger partial charge in [-0.25, -0.2) is 9.97 Å². The van der Waals surface area contributed by atoms with Crippen LogP contribution >= 0.6 is 0 Å². The van der Waals surface area contributed by atoms with E-state index in [1.807, 2.05) is 0 Å². The van der Waals surface area contributed by atoms with Crippen LogP contribution in [0.15, 0.2) is 315 Å². The molecule has 0 aliphatic rings. The summed E-state index contributed by atoms with van der Waals surface area (Å²) in [6.07, 6.45) is 0. The second-order valence-electron chi connectivity index (χ2n) is 22.8. The molecule has 0 aliphatic carbocycles. The van der Waals surface area contributed by atoms with Crippen molar-refractivity contribution in [3.05, 3.63) is 315 Å². The third-order valence-corrected chi connectivity index (χ3v) is 18.0. The van der Waals surface area contributed by atoms with Crippen molar-refractivity contribution in [1.82, 2.24) is 28.2 Å². The second kappa shape index (κ2) is 19.9. The van der Waals surface area contributed by atoms with Gasteiger partial charge in [0.2, 0.25) is 0 Å². The van der Waals surface area contributed by atoms with Gasteiger partial charge in [-0.2, -0.15) is 0 Å². The lowest BCUT2D eigenvalue weighted by atomic mass is 9.90. The minimum absolute atomic E-state index is 0.621. The molecular weight excluding hydrogens is 1070 g/mol. The topological polar surface area (TPSA) is 45.5 Å². The number of aromatic nitrogens is 6. The van der Waals surface area contributed by atoms with E-state index < -0.39 is 0 Å². The zero-order valence-electron chi connectivity index (χ0n) is 47.7. The first-order valence-electron chi connectivity index (χ1n) is 30.1. The average molecular weight is 1120 g/mol. The van der Waals surface area contributed by atoms with Gasteiger partial charge in [0.15, 0.2) is 5.82 Å². The molecule has 0 amide bonds. The summed E-state index contributed by atoms with van der Waals surface area (Å²) in [5.41, 5.74) is 22.0. The first-order valence-corrected chi connectivity index (χ1v) is 30.1. The first kappa shape index (κ1) is 49.6. The molecule has 18 rings (SSSR count). The number of fused-ring (bicyclic) bond motifs is 12. The van der Waals surface area contributed by atoms with Crippen LogP contribution in [-0.2, 0) is 0 Å². The van der Waals surface area contributed by atoms with Gasteiger partial charge in [0.1, 0.15) is 0 Å². The third kappa shape index (κ3) is 7.62. The Kier molecular flexibility index (Phi) is 11.2. The lowest BCUT2D eigenvalue weighted by molar-refractivity contribution is 1.14. The molecule has 0 aliphatic heterocycles. The number of benzene rings is 13. The van der Waals surface area contributed by atoms with Crippen molar-refractivity contribution >= 4 is 87.2 Å². The molecule has 5 heterocycles. The van der Waals surface area contributed by atoms with Crippen LogP contribution in [0, 0.1) is 0 Å². The van der Waals surface area contributed by atoms with E-state index in [4.69, 9.17) is 9.97 Å². The number of para-hydroxylation sites is 9. The zero-order chi connectivity index (χ0) is 57.8. The van der Waals surface area contributed by atoms with E-state index in [2.05, 4.69) is 334 Å². The van der Waals surface area contributed by atoms with Crippen molar-refractivity contribution in [2.24, 2.45) is 0 Å². The molecule has 0 fully saturated rings. The highest BCUT2D eigenvalue weighted by atomic mass is 15.0. The highest BCUT2D eigenvalue weighted by Crippen LogP contribution is 2.49. The molecule has 18 aromatic rings. The third-order valence-electron chi connectivity index (χ3n) is 18.0. The van der Waals surface area contributed by atoms with Crippen LogP contribution in [-0.4, -0.2) is 28.2 Å². The van der Waals surface area contributed by atoms with Gasteiger partial charge < -0.3 is 18.3 Å². The summed E-state index contributed by atoms with van der Waals surface area (Å²) in [7, 11) is 0. The standard InChI is InChI=1S/C82H52N6/c1-3-25-53(26-4-1)69-52-70(54-27-5-2-6-28-54)84-82(83-69)55-49-67(64-36-14-22-44-77(64)86-73-40-18-9-31-59(73)60-32-10-19-41-74(60)86)81(68(50-55)65-37-15-23-45-78(65)87-75-42-20-11-33-61(75)62-34-12-21-43-76(62)87)88-79-46-24-13-35-63(79)66-51-56(47-48-80(66)88)85-71-38-16-7-29-57(71)58-30-8-17-39-72(58)85/h1-52H. The number of hydrogen-bond acceptors (Lipinski definition) is 2. The van der Waals surface area contributed by atoms with Crippen molar-refractivity contribution in [2.45, 2.75) is 0 Å². The minimum Gasteiger partial charge on any atom is -0.309 e. The molecule has 5 aromatic heterocycles. The van der Waals surface area contributed by atoms with E-state index in [-0.39, 0.29) is 0 Å². The maximum Gasteiger partial charge on any atom is 0.160 e. The van der Waals surface area contributed by atoms with Gasteiger partial charge in [-0.05, 0) is 91.0 Å². The largest absolute Gasteiger partial charge is 0.309 e. The summed E-state index contributed by atoms with van der Waals surface area (Å²) in [6, 6.07) is 115. The predicted molar refractivity (Wildman–Crippen MR) is 367 cm³/mol. The average Bonchev–Trinajstić information content (AvgIpc) is 1.74. The Balaban J connectivity index is 1.02. The Morgan fingerprint density at radius 2 is 0.523 bits per heavy atom. The van der Waals surface area contributed by atoms with Gasteiger partial charge in [0.25, 0.3) is 0 Å². The molecule has 0 saturated heterocycles. The Labute approximate surface area is 507 Å². The molecule has 6 nitrogen and oxygen atoms in total. The molecule has 0 unspecified atom stereocenters. The molecule has 0 N–H and O–H groups in total. The van der Waals surface area contributed by atoms with E-state index >= 15 is 0 Å². The van der Waals surface area contributed by atoms with Crippen molar-refractivity contribution in [1.29, 1.82) is 0 Å². The van der Waals surface area contributed by atoms with E-state index in [0.717, 1.165) is 117 Å². The summed E-state index contributed by atoms with van der Waals surface area (Å²) in [5.74, 6) is 0.621. The smallest absolute Gasteiger partial charge is 0.160 e. The van der Waals surface area contributed by atoms with Crippen LogP contribution in [0.5, 0.6) is 0 Å². The molecule has 0 atom stereocenters. The van der Waals surface area contributed by atoms with Crippen LogP contribution in [0.3, 0.4) is 0 Å². The van der Waals surface area contributed by atoms with E-state index in [0.29, 0.717) is 5.82 Å². The van der Waals surface area contributed by atoms with Gasteiger partial charge in [0.05, 0.1) is 72.6 Å². The van der Waals surface area contributed by atoms with Crippen molar-refractivity contribution < 1.29 is 0 Å². The van der Waals surface area contributed by atoms with Gasteiger partial charge >= 0.3 is 0 Å². The molecule has 13 aromatic carbocycles. The van der Waals surface area contributed by atoms with Crippen molar-refractivity contribution in [3.63, 3.8) is 0 Å². The summed E-state index contributed by atoms with van der Waals surface area (Å²) >= 11 is 0. The monoisotopic (exact) mass is 1120 g/mol. The summed E-state index contributed by atoms with van der Waals surface area (Å²) in [5, 5.41) is 9.55. The van der Waals surface area contributed by atoms with Crippen molar-refractivity contribution in [2.75, 3.05) is 0 Å². The fraction of sp³-hybridized carbons (Fsp3) is 0. The van der Waals surface area contributed by atoms with Gasteiger partial charge in [0, 0.05) is 87.7 Å². The predicted octanol–water partition coefficient (Wildman–Crippen LogP) is 21.2. The van der Waals surface area contributed by atoms with Gasteiger partial charge in [-0.1, -0.05) is 224 Å². The molecule has 0 radical (unpaired) electrons. The SMILES string of the molecule is c1ccc(-c2cc(-c3ccccc3)nc(-c3cc(-c4ccccc4-n4c5ccccc5c5ccccc54)c(-n4c5ccccc5c5cc(-n6c7ccccc7c7ccccc76)ccc54)c(-c4ccccc4-n4c5ccccc5c5ccccc54)c3)n2)cc1. The normalized spacial score (nSPS) is 11.9. The van der Waals surface area contributed by atoms with Gasteiger partial charge in [-0.3, -0.25) is 0 Å². The molecule has 0 bridgehead atoms. The van der Waals surface area contributed by atoms with Crippen LogP contribution in [0.4, 0.5) is 0 Å². The molecule has 0 saturated carbocycles. The fourth-order valence-corrected chi connectivity index (χ4v) is 14.2. The second-order valence-corrected chi connectivity index (χ2v) is 22.8. The molecule has 0 spiro atoms. The zero-order valence-corrected chi connectivity index (χ0v) is 47.7. The van der Waals surface area contributed by atoms with Crippen LogP contribution in [0.25, 0.3) is 166 Å². The van der Waals surface area contributed by atoms with Gasteiger partial charge in [-0.15, -0.1) is 0 Å². The summed E-state index contributed by atoms with van der Waals surface area (Å²) < 4.78 is 9.91. The van der Waals surface area contributed by atoms with Crippen LogP contribution in [0.1, 0.15) is 0 Å². The maximum absolute atomic E-state index is 5.62. The fourth-order valence-electron chi connectivity index (χ4n) is 14.2. The maximum atomic E-state index is 5.62. The lowest BCUT2D eigenvalue weighted by Crippen LogP contribution is -2.06. The number of nitrogens with zero attached hydrogens (tertiary/aromatic N) is 6. The van der Waals surface area contributed by atoms with Crippen LogP contribution < -0.4 is 0 Å². The Morgan fingerprint density at radius 3 is 0.932 bits per heavy atom. The lowest BCUT2D eigenvalue weighted by Gasteiger charge is -2.24. The van der Waals surface area contributed by atoms with E-state index in [9.17, 15) is 0 Å². The summed E-state index contributed by atoms with van der Waals surface area (Å²) in [6.45, 7) is 0. The van der Waals surface area contributed by atoms with E-state index in [1.54, 1.807) is 0 Å². The molecular formula is C82H52N6. The summed E-state index contributed by atoms with van der Waals surface area (Å²) in [4.78, 5) is 11.2. The minimum atomic E-state index is 0.621. The van der Waals surface area contributed by atoms with Crippen molar-refractivity contribution in [3.8, 4) is 78.9 Å². The van der Waals surface area contributed by atoms with Crippen LogP contribution in [0.2, 0.25) is 0 Å². The quantitative estimate of drug-likeness (QED) is 0.145. The Bertz CT molecular complexity index is 5420. The highest BCUT2D eigenvalue weighted by molar-refractivity contribution is 6.15. The number of hydrogen-bond donors (Lipinski definition) is 0. The number of rotatable bonds is 9.